The summed E-state index contributed by atoms with van der Waals surface area (Å²) in [6, 6.07) is 12.2. The molecule has 1 aromatic heterocycles. The molecule has 0 amide bonds. The number of halogens is 2. The van der Waals surface area contributed by atoms with E-state index in [2.05, 4.69) is 25.8 Å². The number of aromatic nitrogens is 2. The molecule has 3 rings (SSSR count). The predicted octanol–water partition coefficient (Wildman–Crippen LogP) is 3.70. The Bertz CT molecular complexity index is 940. The van der Waals surface area contributed by atoms with Gasteiger partial charge >= 0.3 is 0 Å². The van der Waals surface area contributed by atoms with Gasteiger partial charge in [-0.3, -0.25) is 4.99 Å². The summed E-state index contributed by atoms with van der Waals surface area (Å²) in [6.07, 6.45) is 0. The summed E-state index contributed by atoms with van der Waals surface area (Å²) in [7, 11) is 1.66. The number of aryl methyl sites for hydroxylation is 1. The van der Waals surface area contributed by atoms with Gasteiger partial charge in [0.1, 0.15) is 5.82 Å². The molecule has 0 radical (unpaired) electrons. The third kappa shape index (κ3) is 5.04. The number of rotatable bonds is 5. The van der Waals surface area contributed by atoms with E-state index in [9.17, 15) is 4.39 Å². The van der Waals surface area contributed by atoms with Crippen molar-refractivity contribution in [2.75, 3.05) is 7.05 Å². The van der Waals surface area contributed by atoms with Gasteiger partial charge in [-0.15, -0.1) is 0 Å². The maximum atomic E-state index is 13.3. The fraction of sp³-hybridized carbons (Fsp3) is 0.211. The monoisotopic (exact) mass is 387 g/mol. The largest absolute Gasteiger partial charge is 0.352 e. The fourth-order valence-corrected chi connectivity index (χ4v) is 2.55. The Balaban J connectivity index is 1.55. The summed E-state index contributed by atoms with van der Waals surface area (Å²) >= 11 is 5.88. The van der Waals surface area contributed by atoms with Crippen LogP contribution in [0.3, 0.4) is 0 Å². The van der Waals surface area contributed by atoms with Crippen LogP contribution in [-0.4, -0.2) is 23.1 Å². The second-order valence-corrected chi connectivity index (χ2v) is 6.32. The molecular formula is C19H19ClFN5O. The molecule has 1 heterocycles. The zero-order valence-corrected chi connectivity index (χ0v) is 15.7. The minimum absolute atomic E-state index is 0.214. The molecule has 0 spiro atoms. The number of hydrogen-bond acceptors (Lipinski definition) is 4. The molecule has 0 aliphatic heterocycles. The Labute approximate surface area is 161 Å². The van der Waals surface area contributed by atoms with Gasteiger partial charge in [-0.1, -0.05) is 28.9 Å². The summed E-state index contributed by atoms with van der Waals surface area (Å²) in [6.45, 7) is 2.57. The molecule has 3 aromatic rings. The first-order valence-corrected chi connectivity index (χ1v) is 8.71. The molecule has 0 unspecified atom stereocenters. The maximum Gasteiger partial charge on any atom is 0.246 e. The van der Waals surface area contributed by atoms with Crippen LogP contribution in [0.2, 0.25) is 5.02 Å². The van der Waals surface area contributed by atoms with Crippen LogP contribution < -0.4 is 10.6 Å². The summed E-state index contributed by atoms with van der Waals surface area (Å²) in [5, 5.41) is 10.9. The van der Waals surface area contributed by atoms with Gasteiger partial charge in [0.25, 0.3) is 0 Å². The Morgan fingerprint density at radius 1 is 1.15 bits per heavy atom. The van der Waals surface area contributed by atoms with Gasteiger partial charge < -0.3 is 15.2 Å². The zero-order valence-electron chi connectivity index (χ0n) is 15.0. The van der Waals surface area contributed by atoms with Crippen molar-refractivity contribution in [2.45, 2.75) is 20.0 Å². The lowest BCUT2D eigenvalue weighted by Crippen LogP contribution is -2.36. The van der Waals surface area contributed by atoms with E-state index in [0.717, 1.165) is 11.1 Å². The highest BCUT2D eigenvalue weighted by Gasteiger charge is 2.09. The number of guanidine groups is 1. The fourth-order valence-electron chi connectivity index (χ4n) is 2.43. The summed E-state index contributed by atoms with van der Waals surface area (Å²) in [4.78, 5) is 8.50. The third-order valence-corrected chi connectivity index (χ3v) is 4.14. The first kappa shape index (κ1) is 18.8. The summed E-state index contributed by atoms with van der Waals surface area (Å²) in [5.41, 5.74) is 2.39. The van der Waals surface area contributed by atoms with Gasteiger partial charge in [0.2, 0.25) is 11.7 Å². The Morgan fingerprint density at radius 3 is 2.59 bits per heavy atom. The van der Waals surface area contributed by atoms with Crippen molar-refractivity contribution < 1.29 is 8.91 Å². The Hall–Kier alpha value is -2.93. The van der Waals surface area contributed by atoms with E-state index in [4.69, 9.17) is 16.1 Å². The smallest absolute Gasteiger partial charge is 0.246 e. The number of nitrogens with zero attached hydrogens (tertiary/aromatic N) is 3. The minimum Gasteiger partial charge on any atom is -0.352 e. The van der Waals surface area contributed by atoms with Crippen molar-refractivity contribution in [1.82, 2.24) is 20.8 Å². The van der Waals surface area contributed by atoms with Crippen molar-refractivity contribution in [1.29, 1.82) is 0 Å². The standard InChI is InChI=1S/C19H19ClFN5O/c1-12-9-13(3-8-16(12)21)10-23-19(22-2)24-11-17-25-18(26-27-17)14-4-6-15(20)7-5-14/h3-9H,10-11H2,1-2H3,(H2,22,23,24). The first-order valence-electron chi connectivity index (χ1n) is 8.33. The van der Waals surface area contributed by atoms with Gasteiger partial charge in [-0.05, 0) is 48.4 Å². The maximum absolute atomic E-state index is 13.3. The molecule has 2 N–H and O–H groups in total. The van der Waals surface area contributed by atoms with Crippen molar-refractivity contribution in [3.05, 3.63) is 70.3 Å². The molecule has 140 valence electrons. The van der Waals surface area contributed by atoms with Gasteiger partial charge in [0, 0.05) is 24.2 Å². The topological polar surface area (TPSA) is 75.3 Å². The molecule has 0 saturated heterocycles. The normalized spacial score (nSPS) is 11.5. The van der Waals surface area contributed by atoms with E-state index in [-0.39, 0.29) is 5.82 Å². The van der Waals surface area contributed by atoms with Crippen LogP contribution >= 0.6 is 11.6 Å². The second-order valence-electron chi connectivity index (χ2n) is 5.88. The molecule has 0 aliphatic carbocycles. The highest BCUT2D eigenvalue weighted by Crippen LogP contribution is 2.18. The van der Waals surface area contributed by atoms with E-state index in [0.29, 0.717) is 41.4 Å². The Kier molecular flexibility index (Phi) is 6.03. The molecule has 0 atom stereocenters. The van der Waals surface area contributed by atoms with Gasteiger partial charge in [0.05, 0.1) is 6.54 Å². The van der Waals surface area contributed by atoms with Gasteiger partial charge in [-0.25, -0.2) is 4.39 Å². The average molecular weight is 388 g/mol. The average Bonchev–Trinajstić information content (AvgIpc) is 3.14. The van der Waals surface area contributed by atoms with Crippen molar-refractivity contribution in [2.24, 2.45) is 4.99 Å². The van der Waals surface area contributed by atoms with Crippen molar-refractivity contribution in [3.8, 4) is 11.4 Å². The Morgan fingerprint density at radius 2 is 1.89 bits per heavy atom. The first-order chi connectivity index (χ1) is 13.0. The lowest BCUT2D eigenvalue weighted by atomic mass is 10.1. The van der Waals surface area contributed by atoms with Crippen LogP contribution in [0.5, 0.6) is 0 Å². The lowest BCUT2D eigenvalue weighted by Gasteiger charge is -2.11. The van der Waals surface area contributed by atoms with E-state index in [1.165, 1.54) is 6.07 Å². The van der Waals surface area contributed by atoms with Gasteiger partial charge in [-0.2, -0.15) is 4.98 Å². The second kappa shape index (κ2) is 8.64. The van der Waals surface area contributed by atoms with Gasteiger partial charge in [0.15, 0.2) is 5.96 Å². The van der Waals surface area contributed by atoms with Crippen LogP contribution in [0.4, 0.5) is 4.39 Å². The van der Waals surface area contributed by atoms with E-state index >= 15 is 0 Å². The van der Waals surface area contributed by atoms with E-state index in [1.807, 2.05) is 12.1 Å². The van der Waals surface area contributed by atoms with Crippen LogP contribution in [0.15, 0.2) is 52.0 Å². The van der Waals surface area contributed by atoms with Crippen LogP contribution in [-0.2, 0) is 13.1 Å². The molecule has 8 heteroatoms. The third-order valence-electron chi connectivity index (χ3n) is 3.88. The molecular weight excluding hydrogens is 369 g/mol. The van der Waals surface area contributed by atoms with Crippen molar-refractivity contribution >= 4 is 17.6 Å². The predicted molar refractivity (Wildman–Crippen MR) is 103 cm³/mol. The molecule has 0 saturated carbocycles. The van der Waals surface area contributed by atoms with Crippen LogP contribution in [0.1, 0.15) is 17.0 Å². The zero-order chi connectivity index (χ0) is 19.2. The number of benzene rings is 2. The molecule has 2 aromatic carbocycles. The molecule has 27 heavy (non-hydrogen) atoms. The quantitative estimate of drug-likeness (QED) is 0.515. The number of nitrogens with one attached hydrogen (secondary N) is 2. The van der Waals surface area contributed by atoms with Crippen LogP contribution in [0.25, 0.3) is 11.4 Å². The minimum atomic E-state index is -0.214. The molecule has 0 aliphatic rings. The summed E-state index contributed by atoms with van der Waals surface area (Å²) in [5.74, 6) is 1.28. The SMILES string of the molecule is CN=C(NCc1ccc(F)c(C)c1)NCc1nc(-c2ccc(Cl)cc2)no1. The highest BCUT2D eigenvalue weighted by atomic mass is 35.5. The summed E-state index contributed by atoms with van der Waals surface area (Å²) < 4.78 is 18.6. The van der Waals surface area contributed by atoms with Crippen molar-refractivity contribution in [3.63, 3.8) is 0 Å². The molecule has 0 fully saturated rings. The van der Waals surface area contributed by atoms with Crippen LogP contribution in [0, 0.1) is 12.7 Å². The highest BCUT2D eigenvalue weighted by molar-refractivity contribution is 6.30. The number of hydrogen-bond donors (Lipinski definition) is 2. The number of aliphatic imine (C=N–C) groups is 1. The molecule has 6 nitrogen and oxygen atoms in total. The van der Waals surface area contributed by atoms with E-state index < -0.39 is 0 Å². The molecule has 0 bridgehead atoms. The lowest BCUT2D eigenvalue weighted by molar-refractivity contribution is 0.375. The van der Waals surface area contributed by atoms with E-state index in [1.54, 1.807) is 38.2 Å².